The number of benzene rings is 2. The molecule has 0 unspecified atom stereocenters. The van der Waals surface area contributed by atoms with Crippen LogP contribution < -0.4 is 4.74 Å². The van der Waals surface area contributed by atoms with Crippen LogP contribution in [0.2, 0.25) is 0 Å². The van der Waals surface area contributed by atoms with Gasteiger partial charge in [0.25, 0.3) is 0 Å². The first-order chi connectivity index (χ1) is 16.7. The van der Waals surface area contributed by atoms with Gasteiger partial charge in [0.1, 0.15) is 5.82 Å². The van der Waals surface area contributed by atoms with E-state index in [1.54, 1.807) is 18.2 Å². The van der Waals surface area contributed by atoms with Crippen LogP contribution in [0, 0.1) is 11.6 Å². The Balaban J connectivity index is 1.04. The number of likely N-dealkylation sites (tertiary alicyclic amines) is 1. The molecule has 0 amide bonds. The zero-order valence-corrected chi connectivity index (χ0v) is 19.3. The van der Waals surface area contributed by atoms with Crippen molar-refractivity contribution >= 4 is 11.0 Å². The lowest BCUT2D eigenvalue weighted by Crippen LogP contribution is -2.35. The number of ether oxygens (including phenoxy) is 2. The first-order valence-electron chi connectivity index (χ1n) is 12.1. The second-order valence-corrected chi connectivity index (χ2v) is 9.18. The van der Waals surface area contributed by atoms with E-state index >= 15 is 0 Å². The highest BCUT2D eigenvalue weighted by Gasteiger charge is 2.25. The Hall–Kier alpha value is -2.55. The zero-order chi connectivity index (χ0) is 23.3. The Morgan fingerprint density at radius 3 is 2.59 bits per heavy atom. The summed E-state index contributed by atoms with van der Waals surface area (Å²) in [5.74, 6) is 0.0328. The molecule has 0 saturated carbocycles. The van der Waals surface area contributed by atoms with Gasteiger partial charge in [-0.2, -0.15) is 0 Å². The summed E-state index contributed by atoms with van der Waals surface area (Å²) in [6.07, 6.45) is 2.81. The number of piperidine rings is 1. The average molecular weight is 472 g/mol. The van der Waals surface area contributed by atoms with Gasteiger partial charge >= 0.3 is 0 Å². The smallest absolute Gasteiger partial charge is 0.170 e. The molecule has 0 aliphatic carbocycles. The van der Waals surface area contributed by atoms with Crippen molar-refractivity contribution in [3.63, 3.8) is 0 Å². The van der Waals surface area contributed by atoms with E-state index in [-0.39, 0.29) is 11.6 Å². The summed E-state index contributed by atoms with van der Waals surface area (Å²) in [6, 6.07) is 9.87. The lowest BCUT2D eigenvalue weighted by molar-refractivity contribution is 0.0341. The summed E-state index contributed by atoms with van der Waals surface area (Å²) in [5, 5.41) is 5.13. The first kappa shape index (κ1) is 23.2. The molecule has 2 saturated heterocycles. The number of nitrogens with zero attached hydrogens (tertiary/aromatic N) is 3. The predicted molar refractivity (Wildman–Crippen MR) is 125 cm³/mol. The summed E-state index contributed by atoms with van der Waals surface area (Å²) < 4.78 is 44.3. The highest BCUT2D eigenvalue weighted by atomic mass is 19.1. The Morgan fingerprint density at radius 2 is 1.79 bits per heavy atom. The molecule has 1 aromatic heterocycles. The third-order valence-electron chi connectivity index (χ3n) is 6.82. The molecule has 0 N–H and O–H groups in total. The van der Waals surface area contributed by atoms with Gasteiger partial charge in [0, 0.05) is 43.5 Å². The Labute approximate surface area is 198 Å². The van der Waals surface area contributed by atoms with E-state index in [1.165, 1.54) is 12.1 Å². The van der Waals surface area contributed by atoms with E-state index in [1.807, 2.05) is 6.07 Å². The Morgan fingerprint density at radius 1 is 0.971 bits per heavy atom. The van der Waals surface area contributed by atoms with Crippen molar-refractivity contribution in [2.75, 3.05) is 52.5 Å². The van der Waals surface area contributed by atoms with Gasteiger partial charge in [-0.3, -0.25) is 4.90 Å². The van der Waals surface area contributed by atoms with Gasteiger partial charge in [0.2, 0.25) is 0 Å². The molecule has 3 aromatic rings. The number of aromatic nitrogens is 1. The first-order valence-corrected chi connectivity index (χ1v) is 12.1. The van der Waals surface area contributed by atoms with Gasteiger partial charge in [-0.15, -0.1) is 0 Å². The molecule has 8 heteroatoms. The molecule has 2 fully saturated rings. The van der Waals surface area contributed by atoms with E-state index in [0.29, 0.717) is 23.9 Å². The van der Waals surface area contributed by atoms with Crippen molar-refractivity contribution < 1.29 is 22.8 Å². The highest BCUT2D eigenvalue weighted by Crippen LogP contribution is 2.32. The quantitative estimate of drug-likeness (QED) is 0.448. The molecule has 2 aromatic carbocycles. The monoisotopic (exact) mass is 471 g/mol. The van der Waals surface area contributed by atoms with Gasteiger partial charge in [-0.25, -0.2) is 8.78 Å². The third kappa shape index (κ3) is 5.56. The van der Waals surface area contributed by atoms with Crippen molar-refractivity contribution in [3.8, 4) is 5.75 Å². The van der Waals surface area contributed by atoms with Crippen LogP contribution in [0.3, 0.4) is 0 Å². The van der Waals surface area contributed by atoms with Crippen LogP contribution in [0.4, 0.5) is 8.78 Å². The van der Waals surface area contributed by atoms with Gasteiger partial charge in [0.15, 0.2) is 17.1 Å². The van der Waals surface area contributed by atoms with Gasteiger partial charge < -0.3 is 18.9 Å². The molecule has 34 heavy (non-hydrogen) atoms. The standard InChI is InChI=1S/C26H31F2N3O3/c27-21-3-4-22-25(17-21)34-29-26(22)20-6-9-30(10-7-20)8-1-13-33-24-5-2-19(16-23(24)28)18-31-11-14-32-15-12-31/h2-5,16-17,20H,1,6-15,18H2. The van der Waals surface area contributed by atoms with E-state index in [4.69, 9.17) is 14.0 Å². The fourth-order valence-corrected chi connectivity index (χ4v) is 4.90. The minimum Gasteiger partial charge on any atom is -0.490 e. The van der Waals surface area contributed by atoms with Crippen molar-refractivity contribution in [2.45, 2.75) is 31.7 Å². The lowest BCUT2D eigenvalue weighted by atomic mass is 9.91. The van der Waals surface area contributed by atoms with Crippen LogP contribution in [0.1, 0.15) is 36.4 Å². The number of halogens is 2. The largest absolute Gasteiger partial charge is 0.490 e. The molecule has 0 bridgehead atoms. The van der Waals surface area contributed by atoms with Crippen molar-refractivity contribution in [3.05, 3.63) is 59.3 Å². The fourth-order valence-electron chi connectivity index (χ4n) is 4.90. The molecular formula is C26H31F2N3O3. The normalized spacial score (nSPS) is 18.5. The summed E-state index contributed by atoms with van der Waals surface area (Å²) >= 11 is 0. The highest BCUT2D eigenvalue weighted by molar-refractivity contribution is 5.79. The van der Waals surface area contributed by atoms with Crippen molar-refractivity contribution in [1.82, 2.24) is 15.0 Å². The number of hydrogen-bond acceptors (Lipinski definition) is 6. The molecule has 0 atom stereocenters. The molecule has 6 nitrogen and oxygen atoms in total. The molecule has 0 radical (unpaired) electrons. The summed E-state index contributed by atoms with van der Waals surface area (Å²) in [6.45, 7) is 7.29. The molecule has 0 spiro atoms. The molecular weight excluding hydrogens is 440 g/mol. The van der Waals surface area contributed by atoms with Gasteiger partial charge in [-0.1, -0.05) is 11.2 Å². The fraction of sp³-hybridized carbons (Fsp3) is 0.500. The minimum absolute atomic E-state index is 0.300. The van der Waals surface area contributed by atoms with E-state index in [2.05, 4.69) is 15.0 Å². The zero-order valence-electron chi connectivity index (χ0n) is 19.3. The van der Waals surface area contributed by atoms with E-state index in [9.17, 15) is 8.78 Å². The van der Waals surface area contributed by atoms with Crippen LogP contribution >= 0.6 is 0 Å². The molecule has 3 heterocycles. The van der Waals surface area contributed by atoms with Crippen LogP contribution in [0.5, 0.6) is 5.75 Å². The molecule has 5 rings (SSSR count). The predicted octanol–water partition coefficient (Wildman–Crippen LogP) is 4.59. The summed E-state index contributed by atoms with van der Waals surface area (Å²) in [7, 11) is 0. The maximum atomic E-state index is 14.5. The maximum absolute atomic E-state index is 14.5. The topological polar surface area (TPSA) is 51.0 Å². The number of morpholine rings is 1. The number of rotatable bonds is 8. The van der Waals surface area contributed by atoms with Crippen molar-refractivity contribution in [1.29, 1.82) is 0 Å². The van der Waals surface area contributed by atoms with E-state index in [0.717, 1.165) is 88.4 Å². The average Bonchev–Trinajstić information content (AvgIpc) is 3.27. The van der Waals surface area contributed by atoms with Crippen LogP contribution in [0.15, 0.2) is 40.9 Å². The van der Waals surface area contributed by atoms with Gasteiger partial charge in [0.05, 0.1) is 25.5 Å². The van der Waals surface area contributed by atoms with Crippen LogP contribution in [-0.2, 0) is 11.3 Å². The number of fused-ring (bicyclic) bond motifs is 1. The Bertz CT molecular complexity index is 1090. The minimum atomic E-state index is -0.309. The van der Waals surface area contributed by atoms with Crippen LogP contribution in [-0.4, -0.2) is 67.5 Å². The second kappa shape index (κ2) is 10.8. The lowest BCUT2D eigenvalue weighted by Gasteiger charge is -2.31. The Kier molecular flexibility index (Phi) is 7.37. The van der Waals surface area contributed by atoms with Crippen molar-refractivity contribution in [2.24, 2.45) is 0 Å². The SMILES string of the molecule is Fc1ccc2c(C3CCN(CCCOc4ccc(CN5CCOCC5)cc4F)CC3)noc2c1. The molecule has 2 aliphatic rings. The summed E-state index contributed by atoms with van der Waals surface area (Å²) in [5.41, 5.74) is 2.40. The third-order valence-corrected chi connectivity index (χ3v) is 6.82. The van der Waals surface area contributed by atoms with E-state index < -0.39 is 0 Å². The summed E-state index contributed by atoms with van der Waals surface area (Å²) in [4.78, 5) is 4.68. The van der Waals surface area contributed by atoms with Gasteiger partial charge in [-0.05, 0) is 62.2 Å². The molecule has 182 valence electrons. The maximum Gasteiger partial charge on any atom is 0.170 e. The molecule has 2 aliphatic heterocycles. The second-order valence-electron chi connectivity index (χ2n) is 9.18. The van der Waals surface area contributed by atoms with Crippen LogP contribution in [0.25, 0.3) is 11.0 Å². The number of hydrogen-bond donors (Lipinski definition) is 0.